The van der Waals surface area contributed by atoms with Crippen LogP contribution in [-0.2, 0) is 10.0 Å². The van der Waals surface area contributed by atoms with Gasteiger partial charge in [-0.2, -0.15) is 0 Å². The number of pyridine rings is 2. The number of aryl methyl sites for hydroxylation is 1. The Labute approximate surface area is 110 Å². The third kappa shape index (κ3) is 2.96. The van der Waals surface area contributed by atoms with E-state index in [0.29, 0.717) is 5.69 Å². The molecule has 0 aliphatic rings. The average molecular weight is 284 g/mol. The van der Waals surface area contributed by atoms with Gasteiger partial charge in [-0.15, -0.1) is 0 Å². The van der Waals surface area contributed by atoms with E-state index in [1.54, 1.807) is 19.1 Å². The Hall–Kier alpha value is -1.66. The van der Waals surface area contributed by atoms with Crippen molar-refractivity contribution in [3.8, 4) is 0 Å². The van der Waals surface area contributed by atoms with Gasteiger partial charge in [0.25, 0.3) is 10.0 Å². The fourth-order valence-electron chi connectivity index (χ4n) is 1.34. The quantitative estimate of drug-likeness (QED) is 0.877. The van der Waals surface area contributed by atoms with Crippen LogP contribution in [0.5, 0.6) is 0 Å². The molecule has 0 amide bonds. The smallest absolute Gasteiger partial charge is 0.263 e. The number of hydrogen-bond acceptors (Lipinski definition) is 4. The van der Waals surface area contributed by atoms with E-state index in [2.05, 4.69) is 14.7 Å². The minimum absolute atomic E-state index is 0.0568. The van der Waals surface area contributed by atoms with E-state index in [9.17, 15) is 8.42 Å². The first kappa shape index (κ1) is 12.8. The molecule has 2 heterocycles. The van der Waals surface area contributed by atoms with Gasteiger partial charge in [-0.1, -0.05) is 11.6 Å². The first-order chi connectivity index (χ1) is 8.47. The van der Waals surface area contributed by atoms with Gasteiger partial charge in [-0.25, -0.2) is 13.4 Å². The van der Waals surface area contributed by atoms with Gasteiger partial charge in [0.1, 0.15) is 10.0 Å². The highest BCUT2D eigenvalue weighted by Gasteiger charge is 2.14. The number of aromatic nitrogens is 2. The first-order valence-electron chi connectivity index (χ1n) is 5.04. The summed E-state index contributed by atoms with van der Waals surface area (Å²) in [7, 11) is -3.65. The van der Waals surface area contributed by atoms with E-state index in [0.717, 1.165) is 5.69 Å². The number of anilines is 1. The Morgan fingerprint density at radius 1 is 1.22 bits per heavy atom. The molecule has 0 atom stereocenters. The lowest BCUT2D eigenvalue weighted by Crippen LogP contribution is -2.13. The highest BCUT2D eigenvalue weighted by molar-refractivity contribution is 7.92. The zero-order valence-corrected chi connectivity index (χ0v) is 11.0. The monoisotopic (exact) mass is 283 g/mol. The van der Waals surface area contributed by atoms with Crippen molar-refractivity contribution in [2.45, 2.75) is 11.8 Å². The molecule has 1 N–H and O–H groups in total. The fraction of sp³-hybridized carbons (Fsp3) is 0.0909. The predicted octanol–water partition coefficient (Wildman–Crippen LogP) is 2.24. The molecule has 94 valence electrons. The molecule has 0 radical (unpaired) electrons. The molecule has 0 fully saturated rings. The van der Waals surface area contributed by atoms with Crippen molar-refractivity contribution >= 4 is 27.3 Å². The summed E-state index contributed by atoms with van der Waals surface area (Å²) in [6, 6.07) is 6.04. The molecule has 0 saturated heterocycles. The number of sulfonamides is 1. The van der Waals surface area contributed by atoms with Crippen LogP contribution >= 0.6 is 11.6 Å². The maximum Gasteiger partial charge on any atom is 0.263 e. The molecular formula is C11H10ClN3O2S. The molecule has 2 aromatic heterocycles. The van der Waals surface area contributed by atoms with Crippen LogP contribution in [0.4, 0.5) is 5.69 Å². The summed E-state index contributed by atoms with van der Waals surface area (Å²) in [6.45, 7) is 1.78. The summed E-state index contributed by atoms with van der Waals surface area (Å²) >= 11 is 5.61. The zero-order valence-electron chi connectivity index (χ0n) is 9.46. The van der Waals surface area contributed by atoms with Gasteiger partial charge in [-0.3, -0.25) is 9.71 Å². The molecule has 0 aromatic carbocycles. The largest absolute Gasteiger partial charge is 0.279 e. The Kier molecular flexibility index (Phi) is 3.49. The Morgan fingerprint density at radius 3 is 2.61 bits per heavy atom. The summed E-state index contributed by atoms with van der Waals surface area (Å²) in [6.07, 6.45) is 2.74. The number of nitrogens with zero attached hydrogens (tertiary/aromatic N) is 2. The lowest BCUT2D eigenvalue weighted by Gasteiger charge is -2.07. The van der Waals surface area contributed by atoms with E-state index >= 15 is 0 Å². The third-order valence-electron chi connectivity index (χ3n) is 2.16. The van der Waals surface area contributed by atoms with Gasteiger partial charge < -0.3 is 0 Å². The van der Waals surface area contributed by atoms with Crippen LogP contribution in [0.2, 0.25) is 5.15 Å². The first-order valence-corrected chi connectivity index (χ1v) is 6.90. The van der Waals surface area contributed by atoms with Crippen molar-refractivity contribution in [1.29, 1.82) is 0 Å². The van der Waals surface area contributed by atoms with Crippen LogP contribution in [0.3, 0.4) is 0 Å². The summed E-state index contributed by atoms with van der Waals surface area (Å²) in [4.78, 5) is 7.78. The van der Waals surface area contributed by atoms with Crippen molar-refractivity contribution in [1.82, 2.24) is 9.97 Å². The molecule has 5 nitrogen and oxygen atoms in total. The van der Waals surface area contributed by atoms with Gasteiger partial charge in [0, 0.05) is 18.1 Å². The topological polar surface area (TPSA) is 72.0 Å². The second-order valence-corrected chi connectivity index (χ2v) is 5.68. The number of rotatable bonds is 3. The van der Waals surface area contributed by atoms with Crippen molar-refractivity contribution < 1.29 is 8.42 Å². The number of hydrogen-bond donors (Lipinski definition) is 1. The molecule has 0 unspecified atom stereocenters. The van der Waals surface area contributed by atoms with Gasteiger partial charge >= 0.3 is 0 Å². The summed E-state index contributed by atoms with van der Waals surface area (Å²) in [5, 5.41) is 0.244. The van der Waals surface area contributed by atoms with Gasteiger partial charge in [-0.05, 0) is 31.2 Å². The fourth-order valence-corrected chi connectivity index (χ4v) is 2.45. The number of halogens is 1. The van der Waals surface area contributed by atoms with Crippen LogP contribution in [0, 0.1) is 6.92 Å². The molecule has 0 aliphatic heterocycles. The lowest BCUT2D eigenvalue weighted by atomic mass is 10.3. The molecule has 7 heteroatoms. The number of nitrogens with one attached hydrogen (secondary N) is 1. The summed E-state index contributed by atoms with van der Waals surface area (Å²) in [5.74, 6) is 0. The van der Waals surface area contributed by atoms with Crippen molar-refractivity contribution in [2.24, 2.45) is 0 Å². The van der Waals surface area contributed by atoms with E-state index in [1.807, 2.05) is 0 Å². The zero-order chi connectivity index (χ0) is 13.2. The predicted molar refractivity (Wildman–Crippen MR) is 69.0 cm³/mol. The van der Waals surface area contributed by atoms with Crippen molar-refractivity contribution in [3.63, 3.8) is 0 Å². The molecule has 2 rings (SSSR count). The second-order valence-electron chi connectivity index (χ2n) is 3.61. The average Bonchev–Trinajstić information content (AvgIpc) is 2.29. The molecular weight excluding hydrogens is 274 g/mol. The molecule has 2 aromatic rings. The van der Waals surface area contributed by atoms with E-state index < -0.39 is 10.0 Å². The standard InChI is InChI=1S/C11H10ClN3O2S/c1-8-6-9(4-5-13-8)15-18(16,17)10-2-3-11(12)14-7-10/h2-7H,1H3,(H,13,15). The molecule has 0 saturated carbocycles. The summed E-state index contributed by atoms with van der Waals surface area (Å²) < 4.78 is 26.5. The van der Waals surface area contributed by atoms with Crippen LogP contribution in [0.25, 0.3) is 0 Å². The van der Waals surface area contributed by atoms with E-state index in [4.69, 9.17) is 11.6 Å². The highest BCUT2D eigenvalue weighted by atomic mass is 35.5. The third-order valence-corrected chi connectivity index (χ3v) is 3.75. The minimum atomic E-state index is -3.65. The van der Waals surface area contributed by atoms with Crippen molar-refractivity contribution in [3.05, 3.63) is 47.5 Å². The van der Waals surface area contributed by atoms with Crippen LogP contribution in [-0.4, -0.2) is 18.4 Å². The van der Waals surface area contributed by atoms with Crippen LogP contribution in [0.1, 0.15) is 5.69 Å². The van der Waals surface area contributed by atoms with Gasteiger partial charge in [0.2, 0.25) is 0 Å². The Balaban J connectivity index is 2.30. The van der Waals surface area contributed by atoms with E-state index in [-0.39, 0.29) is 10.0 Å². The minimum Gasteiger partial charge on any atom is -0.279 e. The summed E-state index contributed by atoms with van der Waals surface area (Å²) in [5.41, 5.74) is 1.18. The second kappa shape index (κ2) is 4.91. The molecule has 0 aliphatic carbocycles. The maximum atomic E-state index is 12.0. The SMILES string of the molecule is Cc1cc(NS(=O)(=O)c2ccc(Cl)nc2)ccn1. The molecule has 0 spiro atoms. The maximum absolute atomic E-state index is 12.0. The van der Waals surface area contributed by atoms with Crippen LogP contribution < -0.4 is 4.72 Å². The van der Waals surface area contributed by atoms with Gasteiger partial charge in [0.15, 0.2) is 0 Å². The highest BCUT2D eigenvalue weighted by Crippen LogP contribution is 2.16. The Bertz CT molecular complexity index is 656. The van der Waals surface area contributed by atoms with Crippen molar-refractivity contribution in [2.75, 3.05) is 4.72 Å². The molecule has 0 bridgehead atoms. The normalized spacial score (nSPS) is 11.2. The van der Waals surface area contributed by atoms with Gasteiger partial charge in [0.05, 0.1) is 5.69 Å². The molecule has 18 heavy (non-hydrogen) atoms. The van der Waals surface area contributed by atoms with Crippen LogP contribution in [0.15, 0.2) is 41.6 Å². The van der Waals surface area contributed by atoms with E-state index in [1.165, 1.54) is 24.5 Å². The Morgan fingerprint density at radius 2 is 2.00 bits per heavy atom. The lowest BCUT2D eigenvalue weighted by molar-refractivity contribution is 0.601.